The molecule has 0 atom stereocenters. The van der Waals surface area contributed by atoms with Crippen LogP contribution < -0.4 is 55.1 Å². The summed E-state index contributed by atoms with van der Waals surface area (Å²) in [5.41, 5.74) is 0. The molecule has 94 heavy (non-hydrogen) atoms. The van der Waals surface area contributed by atoms with Crippen molar-refractivity contribution in [1.29, 1.82) is 0 Å². The first-order chi connectivity index (χ1) is 45.8. The van der Waals surface area contributed by atoms with Crippen LogP contribution in [-0.2, 0) is 90.0 Å². The minimum Gasteiger partial charge on any atom is -0.364 e. The van der Waals surface area contributed by atoms with Gasteiger partial charge in [0.1, 0.15) is 128 Å². The summed E-state index contributed by atoms with van der Waals surface area (Å²) in [5, 5.41) is 7.78. The lowest BCUT2D eigenvalue weighted by Crippen LogP contribution is -2.37. The lowest BCUT2D eigenvalue weighted by molar-refractivity contribution is 0.0910. The number of carbonyl (C=O) groups excluding carboxylic acids is 1. The molecule has 40 heteroatoms. The van der Waals surface area contributed by atoms with E-state index in [4.69, 9.17) is 95.5 Å². The Labute approximate surface area is 554 Å². The first kappa shape index (κ1) is 87.7. The van der Waals surface area contributed by atoms with Gasteiger partial charge in [-0.15, -0.1) is 0 Å². The van der Waals surface area contributed by atoms with E-state index in [9.17, 15) is 4.79 Å². The van der Waals surface area contributed by atoms with Crippen molar-refractivity contribution < 1.29 is 94.8 Å². The van der Waals surface area contributed by atoms with E-state index in [1.54, 1.807) is 117 Å². The molecule has 0 spiro atoms. The SMILES string of the molecule is CCOCN(COCC)c1nc(N(COCC)COCC)nc(N(COCC)COCC)n1.COCN(COC)c1nc(N(COC)COC)nc(N(COC)COC)n1.COCNC(=O)NCOC.COCNc1nc(N(COC)COC)nc(N(COC)COC)n1. The molecule has 0 fully saturated rings. The summed E-state index contributed by atoms with van der Waals surface area (Å²) in [4.78, 5) is 65.3. The Morgan fingerprint density at radius 2 is 0.426 bits per heavy atom. The number of nitrogens with zero attached hydrogens (tertiary/aromatic N) is 17. The maximum atomic E-state index is 10.6. The number of urea groups is 1. The van der Waals surface area contributed by atoms with E-state index >= 15 is 0 Å². The Hall–Kier alpha value is -6.26. The third-order valence-corrected chi connectivity index (χ3v) is 10.8. The van der Waals surface area contributed by atoms with Crippen LogP contribution >= 0.6 is 0 Å². The van der Waals surface area contributed by atoms with Crippen molar-refractivity contribution in [1.82, 2.24) is 55.5 Å². The molecule has 0 aliphatic carbocycles. The lowest BCUT2D eigenvalue weighted by Gasteiger charge is -2.28. The molecule has 3 aromatic rings. The summed E-state index contributed by atoms with van der Waals surface area (Å²) in [6.45, 7) is 19.6. The number of hydrogen-bond acceptors (Lipinski definition) is 38. The summed E-state index contributed by atoms with van der Waals surface area (Å²) < 4.78 is 99.9. The highest BCUT2D eigenvalue weighted by atomic mass is 16.5. The van der Waals surface area contributed by atoms with E-state index in [1.165, 1.54) is 14.2 Å². The van der Waals surface area contributed by atoms with Gasteiger partial charge in [-0.05, 0) is 41.5 Å². The maximum Gasteiger partial charge on any atom is 0.318 e. The topological polar surface area (TPSA) is 370 Å². The predicted octanol–water partition coefficient (Wildman–Crippen LogP) is 1.58. The van der Waals surface area contributed by atoms with Crippen molar-refractivity contribution in [3.05, 3.63) is 0 Å². The zero-order valence-electron chi connectivity index (χ0n) is 58.9. The molecule has 0 aliphatic heterocycles. The molecule has 0 saturated carbocycles. The zero-order valence-corrected chi connectivity index (χ0v) is 58.9. The van der Waals surface area contributed by atoms with Crippen LogP contribution in [0.2, 0.25) is 0 Å². The number of methoxy groups -OCH3 is 13. The number of amides is 2. The molecule has 3 N–H and O–H groups in total. The molecule has 40 nitrogen and oxygen atoms in total. The van der Waals surface area contributed by atoms with Crippen molar-refractivity contribution in [2.24, 2.45) is 0 Å². The fourth-order valence-electron chi connectivity index (χ4n) is 6.71. The van der Waals surface area contributed by atoms with Gasteiger partial charge < -0.3 is 106 Å². The van der Waals surface area contributed by atoms with Crippen LogP contribution in [0.1, 0.15) is 41.5 Å². The number of aromatic nitrogens is 9. The van der Waals surface area contributed by atoms with Crippen LogP contribution in [0.25, 0.3) is 0 Å². The monoisotopic (exact) mass is 1360 g/mol. The highest BCUT2D eigenvalue weighted by molar-refractivity contribution is 5.73. The van der Waals surface area contributed by atoms with Gasteiger partial charge in [0.05, 0.1) is 0 Å². The number of anilines is 9. The van der Waals surface area contributed by atoms with Gasteiger partial charge >= 0.3 is 6.03 Å². The third kappa shape index (κ3) is 37.7. The number of carbonyl (C=O) groups is 1. The Bertz CT molecular complexity index is 1990. The molecule has 0 saturated heterocycles. The average molecular weight is 1360 g/mol. The molecule has 3 rings (SSSR count). The second-order valence-corrected chi connectivity index (χ2v) is 18.1. The highest BCUT2D eigenvalue weighted by Gasteiger charge is 2.24. The van der Waals surface area contributed by atoms with E-state index in [0.717, 1.165) is 0 Å². The third-order valence-electron chi connectivity index (χ3n) is 10.8. The Morgan fingerprint density at radius 1 is 0.255 bits per heavy atom. The molecular weight excluding hydrogens is 1250 g/mol. The lowest BCUT2D eigenvalue weighted by atomic mass is 10.6. The van der Waals surface area contributed by atoms with Crippen LogP contribution in [0.15, 0.2) is 0 Å². The predicted molar refractivity (Wildman–Crippen MR) is 348 cm³/mol. The van der Waals surface area contributed by atoms with Crippen molar-refractivity contribution >= 4 is 59.6 Å². The first-order valence-corrected chi connectivity index (χ1v) is 29.7. The molecule has 0 radical (unpaired) electrons. The molecule has 0 aromatic carbocycles. The summed E-state index contributed by atoms with van der Waals surface area (Å²) in [7, 11) is 20.4. The molecule has 0 unspecified atom stereocenters. The van der Waals surface area contributed by atoms with Gasteiger partial charge in [-0.1, -0.05) is 0 Å². The normalized spacial score (nSPS) is 10.7. The quantitative estimate of drug-likeness (QED) is 0.0675. The molecule has 2 amide bonds. The number of ether oxygens (including phenoxy) is 19. The standard InChI is InChI=1S/C21H42N6O6.C15H30N6O6.C13H26N6O5.C5H12N2O3/c1-7-28-13-25(14-29-8-2)19-22-20(26(15-30-9-3)16-31-10-4)24-21(23-19)27(17-32-11-5)18-33-12-6;1-22-7-19(8-23-2)13-16-14(20(9-24-3)10-25-4)18-15(17-13)21(11-26-5)12-27-6;1-20-6-14-11-15-12(18(7-21-2)8-22-3)17-13(16-11)19(9-23-4)10-24-5;1-9-3-6-5(8)7-4-10-2/h7-18H2,1-6H3;7-12H2,1-6H3;6-10H2,1-5H3,(H,14,15,16,17);3-4H2,1-2H3,(H2,6,7,8). The van der Waals surface area contributed by atoms with Crippen LogP contribution in [-0.4, -0.2) is 311 Å². The summed E-state index contributed by atoms with van der Waals surface area (Å²) in [5.74, 6) is 3.47. The van der Waals surface area contributed by atoms with E-state index in [0.29, 0.717) is 93.2 Å². The smallest absolute Gasteiger partial charge is 0.318 e. The van der Waals surface area contributed by atoms with Gasteiger partial charge in [0.2, 0.25) is 53.5 Å². The van der Waals surface area contributed by atoms with Crippen LogP contribution in [0, 0.1) is 0 Å². The van der Waals surface area contributed by atoms with E-state index in [-0.39, 0.29) is 134 Å². The molecule has 0 bridgehead atoms. The summed E-state index contributed by atoms with van der Waals surface area (Å²) >= 11 is 0. The van der Waals surface area contributed by atoms with Gasteiger partial charge in [0.25, 0.3) is 0 Å². The van der Waals surface area contributed by atoms with Crippen LogP contribution in [0.4, 0.5) is 58.3 Å². The largest absolute Gasteiger partial charge is 0.364 e. The van der Waals surface area contributed by atoms with Crippen LogP contribution in [0.5, 0.6) is 0 Å². The van der Waals surface area contributed by atoms with E-state index in [1.807, 2.05) is 41.5 Å². The second-order valence-electron chi connectivity index (χ2n) is 18.1. The van der Waals surface area contributed by atoms with Crippen LogP contribution in [0.3, 0.4) is 0 Å². The Kier molecular flexibility index (Phi) is 55.3. The fraction of sp³-hybridized carbons (Fsp3) is 0.815. The first-order valence-electron chi connectivity index (χ1n) is 29.7. The van der Waals surface area contributed by atoms with E-state index < -0.39 is 0 Å². The van der Waals surface area contributed by atoms with E-state index in [2.05, 4.69) is 55.3 Å². The van der Waals surface area contributed by atoms with Crippen molar-refractivity contribution in [3.63, 3.8) is 0 Å². The Morgan fingerprint density at radius 3 is 0.585 bits per heavy atom. The summed E-state index contributed by atoms with van der Waals surface area (Å²) in [6, 6.07) is -0.302. The average Bonchev–Trinajstić information content (AvgIpc) is 0.917. The Balaban J connectivity index is 0.00000130. The maximum absolute atomic E-state index is 10.6. The van der Waals surface area contributed by atoms with Crippen molar-refractivity contribution in [2.45, 2.75) is 41.5 Å². The number of nitrogens with one attached hydrogen (secondary N) is 3. The number of rotatable bonds is 53. The molecule has 3 heterocycles. The van der Waals surface area contributed by atoms with Gasteiger partial charge in [-0.2, -0.15) is 44.9 Å². The zero-order chi connectivity index (χ0) is 70.0. The molecular formula is C54H110N20O20. The fourth-order valence-corrected chi connectivity index (χ4v) is 6.71. The minimum atomic E-state index is -0.302. The molecule has 546 valence electrons. The molecule has 0 aliphatic rings. The molecule has 3 aromatic heterocycles. The summed E-state index contributed by atoms with van der Waals surface area (Å²) in [6.07, 6.45) is 0. The van der Waals surface area contributed by atoms with Gasteiger partial charge in [0, 0.05) is 132 Å². The van der Waals surface area contributed by atoms with Gasteiger partial charge in [0.15, 0.2) is 0 Å². The second kappa shape index (κ2) is 59.3. The van der Waals surface area contributed by atoms with Gasteiger partial charge in [-0.25, -0.2) is 4.79 Å². The highest BCUT2D eigenvalue weighted by Crippen LogP contribution is 2.23. The minimum absolute atomic E-state index is 0.204. The van der Waals surface area contributed by atoms with Gasteiger partial charge in [-0.3, -0.25) is 39.2 Å². The number of hydrogen-bond donors (Lipinski definition) is 3. The van der Waals surface area contributed by atoms with Crippen molar-refractivity contribution in [2.75, 3.05) is 304 Å². The van der Waals surface area contributed by atoms with Crippen molar-refractivity contribution in [3.8, 4) is 0 Å².